The van der Waals surface area contributed by atoms with Crippen molar-refractivity contribution in [2.45, 2.75) is 9.96 Å². The fraction of sp³-hybridized carbons (Fsp3) is 0.385. The molecule has 1 aliphatic heterocycles. The van der Waals surface area contributed by atoms with Crippen LogP contribution in [0.2, 0.25) is 5.02 Å². The first kappa shape index (κ1) is 15.7. The highest BCUT2D eigenvalue weighted by Gasteiger charge is 2.21. The summed E-state index contributed by atoms with van der Waals surface area (Å²) in [6, 6.07) is 3.29. The van der Waals surface area contributed by atoms with Gasteiger partial charge in [0.1, 0.15) is 20.8 Å². The molecule has 1 aliphatic rings. The minimum Gasteiger partial charge on any atom is -0.378 e. The van der Waals surface area contributed by atoms with Gasteiger partial charge in [0.25, 0.3) is 0 Å². The van der Waals surface area contributed by atoms with Crippen molar-refractivity contribution in [1.29, 1.82) is 0 Å². The number of rotatable bonds is 4. The van der Waals surface area contributed by atoms with E-state index in [1.807, 2.05) is 4.90 Å². The molecule has 118 valence electrons. The molecule has 0 spiro atoms. The number of thiophene rings is 1. The first-order valence-corrected chi connectivity index (χ1v) is 9.57. The number of sulfone groups is 1. The zero-order valence-electron chi connectivity index (χ0n) is 11.6. The van der Waals surface area contributed by atoms with Gasteiger partial charge in [-0.1, -0.05) is 17.7 Å². The molecule has 0 aliphatic carbocycles. The molecule has 9 heteroatoms. The molecule has 0 radical (unpaired) electrons. The first-order chi connectivity index (χ1) is 10.6. The van der Waals surface area contributed by atoms with E-state index in [9.17, 15) is 8.42 Å². The van der Waals surface area contributed by atoms with Crippen LogP contribution in [0.5, 0.6) is 0 Å². The van der Waals surface area contributed by atoms with E-state index in [1.54, 1.807) is 17.5 Å². The Balaban J connectivity index is 1.86. The second-order valence-electron chi connectivity index (χ2n) is 4.75. The molecule has 6 nitrogen and oxygen atoms in total. The molecule has 0 unspecified atom stereocenters. The summed E-state index contributed by atoms with van der Waals surface area (Å²) in [5, 5.41) is 2.15. The van der Waals surface area contributed by atoms with Crippen LogP contribution in [-0.4, -0.2) is 44.7 Å². The fourth-order valence-corrected chi connectivity index (χ4v) is 4.64. The molecular weight excluding hydrogens is 346 g/mol. The van der Waals surface area contributed by atoms with Gasteiger partial charge >= 0.3 is 0 Å². The van der Waals surface area contributed by atoms with E-state index in [4.69, 9.17) is 16.3 Å². The van der Waals surface area contributed by atoms with E-state index in [0.717, 1.165) is 0 Å². The van der Waals surface area contributed by atoms with E-state index in [2.05, 4.69) is 9.97 Å². The summed E-state index contributed by atoms with van der Waals surface area (Å²) in [7, 11) is -3.42. The predicted molar refractivity (Wildman–Crippen MR) is 85.3 cm³/mol. The van der Waals surface area contributed by atoms with Gasteiger partial charge in [-0.05, 0) is 11.4 Å². The second-order valence-corrected chi connectivity index (χ2v) is 8.32. The van der Waals surface area contributed by atoms with Gasteiger partial charge in [0.05, 0.1) is 19.4 Å². The lowest BCUT2D eigenvalue weighted by Gasteiger charge is -2.28. The Bertz CT molecular complexity index is 744. The maximum Gasteiger partial charge on any atom is 0.195 e. The minimum atomic E-state index is -3.42. The number of halogens is 1. The number of nitrogens with zero attached hydrogens (tertiary/aromatic N) is 3. The summed E-state index contributed by atoms with van der Waals surface area (Å²) >= 11 is 7.33. The quantitative estimate of drug-likeness (QED) is 0.831. The number of morpholine rings is 1. The third-order valence-electron chi connectivity index (χ3n) is 3.21. The van der Waals surface area contributed by atoms with Crippen molar-refractivity contribution in [3.63, 3.8) is 0 Å². The van der Waals surface area contributed by atoms with Crippen LogP contribution in [0.3, 0.4) is 0 Å². The summed E-state index contributed by atoms with van der Waals surface area (Å²) in [5.74, 6) is 0.581. The average molecular weight is 360 g/mol. The first-order valence-electron chi connectivity index (χ1n) is 6.66. The Morgan fingerprint density at radius 2 is 2.14 bits per heavy atom. The molecule has 0 aromatic carbocycles. The van der Waals surface area contributed by atoms with Crippen LogP contribution in [-0.2, 0) is 20.3 Å². The van der Waals surface area contributed by atoms with Gasteiger partial charge < -0.3 is 9.64 Å². The molecule has 0 saturated carbocycles. The predicted octanol–water partition coefficient (Wildman–Crippen LogP) is 2.00. The molecule has 3 rings (SSSR count). The van der Waals surface area contributed by atoms with Crippen molar-refractivity contribution in [2.75, 3.05) is 31.2 Å². The van der Waals surface area contributed by atoms with Gasteiger partial charge in [-0.3, -0.25) is 0 Å². The molecule has 0 bridgehead atoms. The number of hydrogen-bond donors (Lipinski definition) is 0. The highest BCUT2D eigenvalue weighted by Crippen LogP contribution is 2.25. The highest BCUT2D eigenvalue weighted by molar-refractivity contribution is 7.92. The SMILES string of the molecule is O=S(=O)(Cc1ncc(Cl)c(N2CCOCC2)n1)c1cccs1. The molecule has 2 aromatic rings. The summed E-state index contributed by atoms with van der Waals surface area (Å²) < 4.78 is 30.2. The summed E-state index contributed by atoms with van der Waals surface area (Å²) in [4.78, 5) is 10.4. The van der Waals surface area contributed by atoms with Crippen molar-refractivity contribution in [3.05, 3.63) is 34.6 Å². The van der Waals surface area contributed by atoms with Gasteiger partial charge in [0, 0.05) is 13.1 Å². The Labute approximate surface area is 137 Å². The molecule has 3 heterocycles. The van der Waals surface area contributed by atoms with Crippen LogP contribution in [0.4, 0.5) is 5.82 Å². The maximum atomic E-state index is 12.3. The molecule has 2 aromatic heterocycles. The van der Waals surface area contributed by atoms with Gasteiger partial charge in [-0.2, -0.15) is 0 Å². The van der Waals surface area contributed by atoms with Gasteiger partial charge in [0.15, 0.2) is 15.7 Å². The summed E-state index contributed by atoms with van der Waals surface area (Å²) in [6.45, 7) is 2.55. The second kappa shape index (κ2) is 6.49. The largest absolute Gasteiger partial charge is 0.378 e. The third kappa shape index (κ3) is 3.40. The van der Waals surface area contributed by atoms with Crippen molar-refractivity contribution in [1.82, 2.24) is 9.97 Å². The highest BCUT2D eigenvalue weighted by atomic mass is 35.5. The van der Waals surface area contributed by atoms with E-state index in [0.29, 0.717) is 41.4 Å². The molecular formula is C13H14ClN3O3S2. The van der Waals surface area contributed by atoms with E-state index >= 15 is 0 Å². The number of anilines is 1. The molecule has 0 N–H and O–H groups in total. The van der Waals surface area contributed by atoms with Crippen LogP contribution in [0.25, 0.3) is 0 Å². The summed E-state index contributed by atoms with van der Waals surface area (Å²) in [6.07, 6.45) is 1.46. The Morgan fingerprint density at radius 1 is 1.36 bits per heavy atom. The molecule has 0 amide bonds. The third-order valence-corrected chi connectivity index (χ3v) is 6.57. The average Bonchev–Trinajstić information content (AvgIpc) is 3.05. The Hall–Kier alpha value is -1.22. The van der Waals surface area contributed by atoms with Crippen LogP contribution in [0.15, 0.2) is 27.9 Å². The maximum absolute atomic E-state index is 12.3. The van der Waals surface area contributed by atoms with Crippen LogP contribution < -0.4 is 4.90 Å². The number of ether oxygens (including phenoxy) is 1. The van der Waals surface area contributed by atoms with Gasteiger partial charge in [-0.25, -0.2) is 18.4 Å². The normalized spacial score (nSPS) is 16.0. The Morgan fingerprint density at radius 3 is 2.82 bits per heavy atom. The van der Waals surface area contributed by atoms with Gasteiger partial charge in [0.2, 0.25) is 0 Å². The number of hydrogen-bond acceptors (Lipinski definition) is 7. The van der Waals surface area contributed by atoms with Crippen molar-refractivity contribution < 1.29 is 13.2 Å². The molecule has 1 saturated heterocycles. The monoisotopic (exact) mass is 359 g/mol. The smallest absolute Gasteiger partial charge is 0.195 e. The Kier molecular flexibility index (Phi) is 4.62. The van der Waals surface area contributed by atoms with Gasteiger partial charge in [-0.15, -0.1) is 11.3 Å². The van der Waals surface area contributed by atoms with E-state index in [1.165, 1.54) is 17.5 Å². The van der Waals surface area contributed by atoms with Crippen LogP contribution in [0.1, 0.15) is 5.82 Å². The van der Waals surface area contributed by atoms with E-state index in [-0.39, 0.29) is 11.6 Å². The molecule has 0 atom stereocenters. The van der Waals surface area contributed by atoms with Crippen molar-refractivity contribution in [2.24, 2.45) is 0 Å². The fourth-order valence-electron chi connectivity index (χ4n) is 2.14. The molecule has 1 fully saturated rings. The van der Waals surface area contributed by atoms with Crippen LogP contribution in [0, 0.1) is 0 Å². The minimum absolute atomic E-state index is 0.234. The zero-order valence-corrected chi connectivity index (χ0v) is 14.0. The lowest BCUT2D eigenvalue weighted by atomic mass is 10.4. The molecule has 22 heavy (non-hydrogen) atoms. The van der Waals surface area contributed by atoms with Crippen LogP contribution >= 0.6 is 22.9 Å². The topological polar surface area (TPSA) is 72.4 Å². The zero-order chi connectivity index (χ0) is 15.6. The van der Waals surface area contributed by atoms with E-state index < -0.39 is 9.84 Å². The van der Waals surface area contributed by atoms with Crippen molar-refractivity contribution >= 4 is 38.6 Å². The summed E-state index contributed by atoms with van der Waals surface area (Å²) in [5.41, 5.74) is 0. The number of aromatic nitrogens is 2. The lowest BCUT2D eigenvalue weighted by Crippen LogP contribution is -2.37. The lowest BCUT2D eigenvalue weighted by molar-refractivity contribution is 0.122. The van der Waals surface area contributed by atoms with Crippen molar-refractivity contribution in [3.8, 4) is 0 Å². The standard InChI is InChI=1S/C13H14ClN3O3S2/c14-10-8-15-11(9-22(18,19)12-2-1-7-21-12)16-13(10)17-3-5-20-6-4-17/h1-2,7-8H,3-6,9H2.